The number of halogens is 1. The second kappa shape index (κ2) is 14.0. The number of unbranched alkanes of at least 4 members (excludes halogenated alkanes) is 1. The molecule has 2 aliphatic heterocycles. The van der Waals surface area contributed by atoms with Crippen LogP contribution in [0.15, 0.2) is 4.99 Å². The Morgan fingerprint density at radius 1 is 1.28 bits per heavy atom. The summed E-state index contributed by atoms with van der Waals surface area (Å²) >= 11 is 0. The molecule has 2 N–H and O–H groups in total. The summed E-state index contributed by atoms with van der Waals surface area (Å²) in [4.78, 5) is 6.91. The minimum absolute atomic E-state index is 0. The molecule has 7 heteroatoms. The summed E-state index contributed by atoms with van der Waals surface area (Å²) in [6.07, 6.45) is 7.59. The van der Waals surface area contributed by atoms with Crippen LogP contribution < -0.4 is 10.6 Å². The first-order valence-corrected chi connectivity index (χ1v) is 9.70. The molecule has 0 bridgehead atoms. The van der Waals surface area contributed by atoms with Crippen molar-refractivity contribution in [2.45, 2.75) is 57.6 Å². The number of guanidine groups is 1. The first-order chi connectivity index (χ1) is 11.8. The molecule has 0 aliphatic carbocycles. The summed E-state index contributed by atoms with van der Waals surface area (Å²) in [6, 6.07) is 0.530. The number of nitrogens with zero attached hydrogens (tertiary/aromatic N) is 2. The number of likely N-dealkylation sites (tertiary alicyclic amines) is 1. The quantitative estimate of drug-likeness (QED) is 0.235. The standard InChI is InChI=1S/C18H36N4O2.HI/c1-3-4-10-22-11-7-16(8-12-22)21-18(19-2)20-9-14-23-15-17-6-5-13-24-17;/h16-17H,3-15H2,1-2H3,(H2,19,20,21);1H. The SMILES string of the molecule is CCCCN1CCC(NC(=NC)NCCOCC2CCCO2)CC1.I. The molecule has 0 saturated carbocycles. The number of ether oxygens (including phenoxy) is 2. The third kappa shape index (κ3) is 9.40. The van der Waals surface area contributed by atoms with Crippen molar-refractivity contribution in [1.82, 2.24) is 15.5 Å². The van der Waals surface area contributed by atoms with Crippen molar-refractivity contribution < 1.29 is 9.47 Å². The second-order valence-corrected chi connectivity index (χ2v) is 6.82. The molecular formula is C18H37IN4O2. The van der Waals surface area contributed by atoms with Crippen LogP contribution in [-0.4, -0.2) is 76.1 Å². The minimum atomic E-state index is 0. The molecule has 1 atom stereocenters. The van der Waals surface area contributed by atoms with Gasteiger partial charge in [-0.25, -0.2) is 0 Å². The third-order valence-electron chi connectivity index (χ3n) is 4.85. The summed E-state index contributed by atoms with van der Waals surface area (Å²) in [5.74, 6) is 0.891. The molecular weight excluding hydrogens is 431 g/mol. The highest BCUT2D eigenvalue weighted by Crippen LogP contribution is 2.12. The molecule has 0 radical (unpaired) electrons. The van der Waals surface area contributed by atoms with E-state index < -0.39 is 0 Å². The van der Waals surface area contributed by atoms with Crippen LogP contribution in [0.5, 0.6) is 0 Å². The Morgan fingerprint density at radius 3 is 2.72 bits per heavy atom. The van der Waals surface area contributed by atoms with Crippen LogP contribution in [-0.2, 0) is 9.47 Å². The zero-order valence-corrected chi connectivity index (χ0v) is 18.3. The van der Waals surface area contributed by atoms with Crippen molar-refractivity contribution >= 4 is 29.9 Å². The molecule has 2 heterocycles. The molecule has 2 aliphatic rings. The van der Waals surface area contributed by atoms with Crippen molar-refractivity contribution in [3.63, 3.8) is 0 Å². The van der Waals surface area contributed by atoms with Gasteiger partial charge in [0.05, 0.1) is 19.3 Å². The maximum absolute atomic E-state index is 5.68. The van der Waals surface area contributed by atoms with Crippen molar-refractivity contribution in [2.75, 3.05) is 53.0 Å². The zero-order valence-electron chi connectivity index (χ0n) is 16.0. The predicted molar refractivity (Wildman–Crippen MR) is 114 cm³/mol. The van der Waals surface area contributed by atoms with Crippen molar-refractivity contribution in [3.8, 4) is 0 Å². The number of aliphatic imine (C=N–C) groups is 1. The lowest BCUT2D eigenvalue weighted by Gasteiger charge is -2.33. The first-order valence-electron chi connectivity index (χ1n) is 9.70. The third-order valence-corrected chi connectivity index (χ3v) is 4.85. The van der Waals surface area contributed by atoms with Crippen LogP contribution in [0.3, 0.4) is 0 Å². The fraction of sp³-hybridized carbons (Fsp3) is 0.944. The Morgan fingerprint density at radius 2 is 2.08 bits per heavy atom. The maximum Gasteiger partial charge on any atom is 0.191 e. The average molecular weight is 468 g/mol. The van der Waals surface area contributed by atoms with Gasteiger partial charge in [0.15, 0.2) is 5.96 Å². The van der Waals surface area contributed by atoms with E-state index in [0.29, 0.717) is 25.4 Å². The highest BCUT2D eigenvalue weighted by molar-refractivity contribution is 14.0. The van der Waals surface area contributed by atoms with Crippen LogP contribution in [0.1, 0.15) is 45.4 Å². The molecule has 2 rings (SSSR count). The lowest BCUT2D eigenvalue weighted by atomic mass is 10.0. The van der Waals surface area contributed by atoms with Gasteiger partial charge in [-0.05, 0) is 38.6 Å². The van der Waals surface area contributed by atoms with Gasteiger partial charge in [-0.15, -0.1) is 24.0 Å². The molecule has 0 amide bonds. The smallest absolute Gasteiger partial charge is 0.191 e. The van der Waals surface area contributed by atoms with Gasteiger partial charge in [-0.2, -0.15) is 0 Å². The van der Waals surface area contributed by atoms with E-state index in [1.54, 1.807) is 0 Å². The van der Waals surface area contributed by atoms with Gasteiger partial charge in [0.2, 0.25) is 0 Å². The molecule has 1 unspecified atom stereocenters. The van der Waals surface area contributed by atoms with Gasteiger partial charge in [0, 0.05) is 39.3 Å². The predicted octanol–water partition coefficient (Wildman–Crippen LogP) is 2.23. The number of rotatable bonds is 9. The Labute approximate surface area is 170 Å². The topological polar surface area (TPSA) is 58.1 Å². The number of nitrogens with one attached hydrogen (secondary N) is 2. The van der Waals surface area contributed by atoms with Crippen LogP contribution in [0.4, 0.5) is 0 Å². The van der Waals surface area contributed by atoms with Crippen molar-refractivity contribution in [2.24, 2.45) is 4.99 Å². The fourth-order valence-electron chi connectivity index (χ4n) is 3.30. The normalized spacial score (nSPS) is 22.6. The molecule has 6 nitrogen and oxygen atoms in total. The van der Waals surface area contributed by atoms with E-state index in [4.69, 9.17) is 9.47 Å². The highest BCUT2D eigenvalue weighted by atomic mass is 127. The summed E-state index contributed by atoms with van der Waals surface area (Å²) in [7, 11) is 1.83. The van der Waals surface area contributed by atoms with Crippen LogP contribution in [0.2, 0.25) is 0 Å². The average Bonchev–Trinajstić information content (AvgIpc) is 3.13. The Hall–Kier alpha value is -0.120. The van der Waals surface area contributed by atoms with E-state index in [2.05, 4.69) is 27.4 Å². The van der Waals surface area contributed by atoms with Gasteiger partial charge < -0.3 is 25.0 Å². The van der Waals surface area contributed by atoms with Crippen LogP contribution in [0, 0.1) is 0 Å². The minimum Gasteiger partial charge on any atom is -0.377 e. The fourth-order valence-corrected chi connectivity index (χ4v) is 3.30. The Balaban J connectivity index is 0.00000312. The number of piperidine rings is 1. The van der Waals surface area contributed by atoms with Crippen LogP contribution in [0.25, 0.3) is 0 Å². The Kier molecular flexibility index (Phi) is 12.8. The van der Waals surface area contributed by atoms with Gasteiger partial charge in [-0.1, -0.05) is 13.3 Å². The zero-order chi connectivity index (χ0) is 17.0. The van der Waals surface area contributed by atoms with Gasteiger partial charge in [-0.3, -0.25) is 4.99 Å². The first kappa shape index (κ1) is 22.9. The Bertz CT molecular complexity index is 357. The van der Waals surface area contributed by atoms with E-state index in [1.165, 1.54) is 51.7 Å². The van der Waals surface area contributed by atoms with Crippen molar-refractivity contribution in [3.05, 3.63) is 0 Å². The lowest BCUT2D eigenvalue weighted by molar-refractivity contribution is 0.0191. The summed E-state index contributed by atoms with van der Waals surface area (Å²) < 4.78 is 11.2. The van der Waals surface area contributed by atoms with E-state index in [9.17, 15) is 0 Å². The molecule has 148 valence electrons. The lowest BCUT2D eigenvalue weighted by Crippen LogP contribution is -2.49. The number of hydrogen-bond acceptors (Lipinski definition) is 4. The molecule has 2 fully saturated rings. The van der Waals surface area contributed by atoms with Gasteiger partial charge in [0.1, 0.15) is 0 Å². The molecule has 0 spiro atoms. The van der Waals surface area contributed by atoms with Crippen molar-refractivity contribution in [1.29, 1.82) is 0 Å². The summed E-state index contributed by atoms with van der Waals surface area (Å²) in [5, 5.41) is 6.89. The van der Waals surface area contributed by atoms with E-state index in [1.807, 2.05) is 7.05 Å². The number of hydrogen-bond donors (Lipinski definition) is 2. The van der Waals surface area contributed by atoms with E-state index >= 15 is 0 Å². The molecule has 0 aromatic rings. The van der Waals surface area contributed by atoms with E-state index in [0.717, 1.165) is 25.5 Å². The molecule has 2 saturated heterocycles. The van der Waals surface area contributed by atoms with Crippen LogP contribution >= 0.6 is 24.0 Å². The summed E-state index contributed by atoms with van der Waals surface area (Å²) in [6.45, 7) is 8.97. The highest BCUT2D eigenvalue weighted by Gasteiger charge is 2.19. The molecule has 0 aromatic carbocycles. The molecule has 0 aromatic heterocycles. The summed E-state index contributed by atoms with van der Waals surface area (Å²) in [5.41, 5.74) is 0. The molecule has 25 heavy (non-hydrogen) atoms. The van der Waals surface area contributed by atoms with Gasteiger partial charge in [0.25, 0.3) is 0 Å². The monoisotopic (exact) mass is 468 g/mol. The van der Waals surface area contributed by atoms with E-state index in [-0.39, 0.29) is 24.0 Å². The maximum atomic E-state index is 5.68. The second-order valence-electron chi connectivity index (χ2n) is 6.82. The van der Waals surface area contributed by atoms with Gasteiger partial charge >= 0.3 is 0 Å². The largest absolute Gasteiger partial charge is 0.377 e.